The highest BCUT2D eigenvalue weighted by atomic mass is 32.2. The highest BCUT2D eigenvalue weighted by Crippen LogP contribution is 2.38. The van der Waals surface area contributed by atoms with E-state index in [-0.39, 0.29) is 23.2 Å². The van der Waals surface area contributed by atoms with Crippen LogP contribution in [0.5, 0.6) is 0 Å². The van der Waals surface area contributed by atoms with Crippen molar-refractivity contribution in [2.24, 2.45) is 17.6 Å². The smallest absolute Gasteiger partial charge is 0.251 e. The van der Waals surface area contributed by atoms with Crippen LogP contribution >= 0.6 is 9.39 Å². The largest absolute Gasteiger partial charge is 0.370 e. The fourth-order valence-electron chi connectivity index (χ4n) is 3.81. The van der Waals surface area contributed by atoms with Gasteiger partial charge in [-0.15, -0.1) is 9.39 Å². The molecule has 1 aromatic heterocycles. The Morgan fingerprint density at radius 1 is 1.24 bits per heavy atom. The summed E-state index contributed by atoms with van der Waals surface area (Å²) in [7, 11) is 0.362. The number of aromatic nitrogens is 1. The molecule has 3 rings (SSSR count). The van der Waals surface area contributed by atoms with Crippen molar-refractivity contribution in [1.29, 1.82) is 0 Å². The van der Waals surface area contributed by atoms with Gasteiger partial charge in [-0.25, -0.2) is 4.98 Å². The van der Waals surface area contributed by atoms with Crippen LogP contribution in [0, 0.1) is 11.8 Å². The molecular weight excluding hydrogens is 442 g/mol. The Morgan fingerprint density at radius 3 is 2.44 bits per heavy atom. The maximum Gasteiger partial charge on any atom is 0.251 e. The van der Waals surface area contributed by atoms with Crippen LogP contribution in [0.3, 0.4) is 0 Å². The molecule has 1 aromatic carbocycles. The lowest BCUT2D eigenvalue weighted by atomic mass is 10.0. The molecule has 1 heterocycles. The molecule has 2 aromatic rings. The molecule has 6 nitrogen and oxygen atoms in total. The molecule has 0 saturated heterocycles. The average Bonchev–Trinajstić information content (AvgIpc) is 3.51. The molecule has 0 spiro atoms. The van der Waals surface area contributed by atoms with Gasteiger partial charge in [-0.2, -0.15) is 0 Å². The summed E-state index contributed by atoms with van der Waals surface area (Å²) in [4.78, 5) is 18.2. The van der Waals surface area contributed by atoms with Gasteiger partial charge in [0.1, 0.15) is 11.6 Å². The van der Waals surface area contributed by atoms with Crippen LogP contribution in [-0.4, -0.2) is 53.6 Å². The summed E-state index contributed by atoms with van der Waals surface area (Å²) in [5.74, 6) is 11.4. The monoisotopic (exact) mass is 483 g/mol. The summed E-state index contributed by atoms with van der Waals surface area (Å²) < 4.78 is 2.03. The Kier molecular flexibility index (Phi) is 8.31. The van der Waals surface area contributed by atoms with Crippen molar-refractivity contribution >= 4 is 38.7 Å². The lowest BCUT2D eigenvalue weighted by Gasteiger charge is -2.32. The number of nitrogens with one attached hydrogen (secondary N) is 2. The lowest BCUT2D eigenvalue weighted by molar-refractivity contribution is 0.0932. The summed E-state index contributed by atoms with van der Waals surface area (Å²) in [6.07, 6.45) is 1.90. The predicted octanol–water partition coefficient (Wildman–Crippen LogP) is 4.27. The number of benzene rings is 1. The summed E-state index contributed by atoms with van der Waals surface area (Å²) in [5.41, 5.74) is 7.95. The molecule has 34 heavy (non-hydrogen) atoms. The average molecular weight is 484 g/mol. The van der Waals surface area contributed by atoms with Gasteiger partial charge < -0.3 is 20.7 Å². The molecule has 7 heteroatoms. The number of hydrogen-bond acceptors (Lipinski definition) is 5. The molecule has 0 aliphatic heterocycles. The third kappa shape index (κ3) is 6.54. The van der Waals surface area contributed by atoms with Gasteiger partial charge in [0.15, 0.2) is 0 Å². The molecule has 1 fully saturated rings. The topological polar surface area (TPSA) is 83.3 Å². The Bertz CT molecular complexity index is 1080. The molecular formula is C27H41N5OS. The van der Waals surface area contributed by atoms with E-state index < -0.39 is 9.39 Å². The quantitative estimate of drug-likeness (QED) is 0.416. The van der Waals surface area contributed by atoms with Crippen molar-refractivity contribution in [2.75, 3.05) is 23.2 Å². The second-order valence-corrected chi connectivity index (χ2v) is 13.3. The van der Waals surface area contributed by atoms with Crippen molar-refractivity contribution in [3.05, 3.63) is 53.6 Å². The summed E-state index contributed by atoms with van der Waals surface area (Å²) in [5, 5.41) is 6.88. The van der Waals surface area contributed by atoms with E-state index in [0.29, 0.717) is 29.5 Å². The Hall–Kier alpha value is -2.51. The summed E-state index contributed by atoms with van der Waals surface area (Å²) >= 11 is 0. The van der Waals surface area contributed by atoms with Crippen molar-refractivity contribution in [2.45, 2.75) is 57.9 Å². The van der Waals surface area contributed by atoms with Gasteiger partial charge in [-0.05, 0) is 49.3 Å². The number of anilines is 2. The van der Waals surface area contributed by atoms with Gasteiger partial charge in [0.2, 0.25) is 0 Å². The van der Waals surface area contributed by atoms with E-state index in [1.807, 2.05) is 48.6 Å². The molecule has 0 radical (unpaired) electrons. The zero-order chi connectivity index (χ0) is 25.0. The van der Waals surface area contributed by atoms with Crippen LogP contribution in [0.2, 0.25) is 0 Å². The first-order chi connectivity index (χ1) is 16.0. The minimum absolute atomic E-state index is 0.156. The standard InChI is InChI=1S/C27H41N5OS/c1-18(2)34(6,7)32(5)26-16-22(15-25(31-26)29-17-23-13-19(23)3)27(33)30-24(20(4)28)14-21-11-9-8-10-12-21/h8-12,15-16,18-20,23-24H,6-7,13-14,17,28H2,1-5H3,(H,29,31)(H,30,33)/t19?,20-,23?,24-/m0/s1. The number of nitrogens with zero attached hydrogens (tertiary/aromatic N) is 2. The zero-order valence-corrected chi connectivity index (χ0v) is 22.1. The normalized spacial score (nSPS) is 19.4. The molecule has 1 amide bonds. The van der Waals surface area contributed by atoms with E-state index in [1.165, 1.54) is 6.42 Å². The lowest BCUT2D eigenvalue weighted by Crippen LogP contribution is -2.47. The van der Waals surface area contributed by atoms with Crippen molar-refractivity contribution < 1.29 is 4.79 Å². The van der Waals surface area contributed by atoms with Gasteiger partial charge in [0.25, 0.3) is 5.91 Å². The first-order valence-electron chi connectivity index (χ1n) is 12.1. The van der Waals surface area contributed by atoms with E-state index in [4.69, 9.17) is 10.7 Å². The van der Waals surface area contributed by atoms with Crippen molar-refractivity contribution in [3.63, 3.8) is 0 Å². The third-order valence-electron chi connectivity index (χ3n) is 6.89. The fraction of sp³-hybridized carbons (Fsp3) is 0.481. The predicted molar refractivity (Wildman–Crippen MR) is 150 cm³/mol. The van der Waals surface area contributed by atoms with Gasteiger partial charge in [-0.3, -0.25) is 4.79 Å². The van der Waals surface area contributed by atoms with Crippen molar-refractivity contribution in [3.8, 4) is 0 Å². The number of rotatable bonds is 11. The molecule has 1 aliphatic carbocycles. The van der Waals surface area contributed by atoms with Crippen LogP contribution < -0.4 is 20.7 Å². The fourth-order valence-corrected chi connectivity index (χ4v) is 4.91. The highest BCUT2D eigenvalue weighted by molar-refractivity contribution is 8.29. The minimum Gasteiger partial charge on any atom is -0.370 e. The molecule has 4 N–H and O–H groups in total. The summed E-state index contributed by atoms with van der Waals surface area (Å²) in [6, 6.07) is 13.4. The summed E-state index contributed by atoms with van der Waals surface area (Å²) in [6.45, 7) is 9.28. The van der Waals surface area contributed by atoms with Gasteiger partial charge in [0, 0.05) is 36.5 Å². The number of pyridine rings is 1. The first-order valence-corrected chi connectivity index (χ1v) is 14.1. The number of carbonyl (C=O) groups is 1. The van der Waals surface area contributed by atoms with Crippen LogP contribution in [0.1, 0.15) is 50.0 Å². The van der Waals surface area contributed by atoms with Crippen molar-refractivity contribution in [1.82, 2.24) is 10.3 Å². The second kappa shape index (κ2) is 10.8. The SMILES string of the molecule is C=S(=C)(C(C)C)N(C)c1cc(C(=O)N[C@@H](Cc2ccccc2)[C@H](C)N)cc(NCC2CC2C)n1. The second-order valence-electron chi connectivity index (χ2n) is 10.0. The molecule has 2 unspecified atom stereocenters. The molecule has 186 valence electrons. The Labute approximate surface area is 206 Å². The van der Waals surface area contributed by atoms with Crippen LogP contribution in [-0.2, 0) is 6.42 Å². The minimum atomic E-state index is -1.60. The number of carbonyl (C=O) groups excluding carboxylic acids is 1. The maximum absolute atomic E-state index is 13.4. The molecule has 0 bridgehead atoms. The van der Waals surface area contributed by atoms with E-state index in [2.05, 4.69) is 55.3 Å². The third-order valence-corrected chi connectivity index (χ3v) is 9.92. The van der Waals surface area contributed by atoms with E-state index >= 15 is 0 Å². The number of nitrogens with two attached hydrogens (primary N) is 1. The number of amides is 1. The zero-order valence-electron chi connectivity index (χ0n) is 21.3. The van der Waals surface area contributed by atoms with Gasteiger partial charge in [0.05, 0.1) is 0 Å². The van der Waals surface area contributed by atoms with Crippen LogP contribution in [0.4, 0.5) is 11.6 Å². The van der Waals surface area contributed by atoms with Crippen LogP contribution in [0.25, 0.3) is 0 Å². The van der Waals surface area contributed by atoms with E-state index in [1.54, 1.807) is 0 Å². The van der Waals surface area contributed by atoms with Gasteiger partial charge in [-0.1, -0.05) is 62.8 Å². The van der Waals surface area contributed by atoms with E-state index in [0.717, 1.165) is 18.0 Å². The molecule has 1 aliphatic rings. The Balaban J connectivity index is 1.87. The number of hydrogen-bond donors (Lipinski definition) is 3. The molecule has 1 saturated carbocycles. The maximum atomic E-state index is 13.4. The van der Waals surface area contributed by atoms with Gasteiger partial charge >= 0.3 is 0 Å². The van der Waals surface area contributed by atoms with E-state index in [9.17, 15) is 4.79 Å². The van der Waals surface area contributed by atoms with Crippen LogP contribution in [0.15, 0.2) is 42.5 Å². The Morgan fingerprint density at radius 2 is 1.88 bits per heavy atom. The highest BCUT2D eigenvalue weighted by Gasteiger charge is 2.32. The first kappa shape index (κ1) is 26.1. The molecule has 4 atom stereocenters.